The number of thioether (sulfide) groups is 1. The van der Waals surface area contributed by atoms with Crippen LogP contribution in [0, 0.1) is 0 Å². The van der Waals surface area contributed by atoms with Crippen LogP contribution in [0.5, 0.6) is 0 Å². The predicted molar refractivity (Wildman–Crippen MR) is 146 cm³/mol. The van der Waals surface area contributed by atoms with Crippen molar-refractivity contribution < 1.29 is 10.2 Å². The highest BCUT2D eigenvalue weighted by atomic mass is 32.2. The Kier molecular flexibility index (Phi) is 21.3. The first-order chi connectivity index (χ1) is 15.4. The molecular weight excluding hydrogens is 416 g/mol. The van der Waals surface area contributed by atoms with E-state index >= 15 is 0 Å². The Balaban J connectivity index is 0. The quantitative estimate of drug-likeness (QED) is 0.0769. The number of aliphatic hydroxyl groups excluding tert-OH is 2. The molecule has 5 heteroatoms. The molecule has 0 radical (unpaired) electrons. The predicted octanol–water partition coefficient (Wildman–Crippen LogP) is 7.63. The van der Waals surface area contributed by atoms with Crippen molar-refractivity contribution in [3.8, 4) is 0 Å². The Morgan fingerprint density at radius 2 is 1.78 bits per heavy atom. The second-order valence-corrected chi connectivity index (χ2v) is 7.89. The SMILES string of the molecule is C=C.C=C(CC/C=C(\N=C/C)SC)C(=C/CC)/C(=C\C)C(/O)=C/C(O)NC(CC)CCC. The van der Waals surface area contributed by atoms with Gasteiger partial charge in [0.2, 0.25) is 0 Å². The van der Waals surface area contributed by atoms with Crippen LogP contribution in [0.15, 0.2) is 76.5 Å². The summed E-state index contributed by atoms with van der Waals surface area (Å²) in [6.07, 6.45) is 15.9. The van der Waals surface area contributed by atoms with Gasteiger partial charge in [0.05, 0.1) is 5.03 Å². The Morgan fingerprint density at radius 1 is 1.12 bits per heavy atom. The number of nitrogens with zero attached hydrogens (tertiary/aromatic N) is 1. The standard InChI is InChI=1S/C25H42N2O2S.C2H4/c1-8-14-20(10-3)27-24(29)18-23(28)21(11-4)22(15-9-2)19(6)16-13-17-25(30-7)26-12-5;1-2/h11-12,15,17-18,20,24,27-29H,6,8-10,13-14,16H2,1-5,7H3;1-2H2/b21-11+,22-15-,23-18-,25-17+,26-12-;. The fourth-order valence-electron chi connectivity index (χ4n) is 3.19. The van der Waals surface area contributed by atoms with E-state index in [1.54, 1.807) is 18.0 Å². The van der Waals surface area contributed by atoms with E-state index in [2.05, 4.69) is 63.0 Å². The van der Waals surface area contributed by atoms with Gasteiger partial charge >= 0.3 is 0 Å². The normalized spacial score (nSPS) is 15.3. The Bertz CT molecular complexity index is 675. The zero-order valence-corrected chi connectivity index (χ0v) is 22.0. The average Bonchev–Trinajstić information content (AvgIpc) is 2.79. The third-order valence-electron chi connectivity index (χ3n) is 4.73. The van der Waals surface area contributed by atoms with Crippen LogP contribution in [0.2, 0.25) is 0 Å². The first-order valence-electron chi connectivity index (χ1n) is 11.5. The van der Waals surface area contributed by atoms with Crippen molar-refractivity contribution >= 4 is 18.0 Å². The number of allylic oxidation sites excluding steroid dienone is 5. The highest BCUT2D eigenvalue weighted by molar-refractivity contribution is 8.02. The molecule has 182 valence electrons. The first kappa shape index (κ1) is 32.4. The Labute approximate surface area is 201 Å². The molecule has 0 aromatic heterocycles. The van der Waals surface area contributed by atoms with Crippen LogP contribution in [0.4, 0.5) is 0 Å². The van der Waals surface area contributed by atoms with Crippen molar-refractivity contribution in [2.45, 2.75) is 85.4 Å². The molecule has 0 rings (SSSR count). The van der Waals surface area contributed by atoms with Crippen molar-refractivity contribution in [2.75, 3.05) is 6.26 Å². The molecule has 4 nitrogen and oxygen atoms in total. The third-order valence-corrected chi connectivity index (χ3v) is 5.42. The van der Waals surface area contributed by atoms with Gasteiger partial charge in [0, 0.05) is 23.9 Å². The fraction of sp³-hybridized carbons (Fsp3) is 0.519. The van der Waals surface area contributed by atoms with E-state index < -0.39 is 6.23 Å². The van der Waals surface area contributed by atoms with E-state index in [4.69, 9.17) is 0 Å². The fourth-order valence-corrected chi connectivity index (χ4v) is 3.69. The minimum Gasteiger partial charge on any atom is -0.508 e. The van der Waals surface area contributed by atoms with Gasteiger partial charge in [-0.25, -0.2) is 0 Å². The molecule has 2 unspecified atom stereocenters. The number of hydrogen-bond acceptors (Lipinski definition) is 5. The molecule has 2 atom stereocenters. The highest BCUT2D eigenvalue weighted by Gasteiger charge is 2.15. The molecule has 0 spiro atoms. The molecule has 0 amide bonds. The molecule has 32 heavy (non-hydrogen) atoms. The van der Waals surface area contributed by atoms with Gasteiger partial charge in [-0.2, -0.15) is 0 Å². The highest BCUT2D eigenvalue weighted by Crippen LogP contribution is 2.28. The van der Waals surface area contributed by atoms with Crippen LogP contribution in [-0.2, 0) is 0 Å². The number of aliphatic hydroxyl groups is 2. The third kappa shape index (κ3) is 13.6. The van der Waals surface area contributed by atoms with Crippen LogP contribution < -0.4 is 5.32 Å². The minimum absolute atomic E-state index is 0.0700. The second-order valence-electron chi connectivity index (χ2n) is 7.06. The van der Waals surface area contributed by atoms with Crippen molar-refractivity contribution in [3.63, 3.8) is 0 Å². The molecule has 3 N–H and O–H groups in total. The largest absolute Gasteiger partial charge is 0.508 e. The molecule has 0 aromatic rings. The van der Waals surface area contributed by atoms with Gasteiger partial charge in [-0.1, -0.05) is 52.0 Å². The van der Waals surface area contributed by atoms with E-state index in [-0.39, 0.29) is 11.8 Å². The molecule has 0 saturated heterocycles. The molecule has 0 bridgehead atoms. The van der Waals surface area contributed by atoms with E-state index in [0.717, 1.165) is 54.7 Å². The smallest absolute Gasteiger partial charge is 0.128 e. The summed E-state index contributed by atoms with van der Waals surface area (Å²) in [6.45, 7) is 20.3. The maximum atomic E-state index is 10.7. The van der Waals surface area contributed by atoms with Gasteiger partial charge in [0.25, 0.3) is 0 Å². The second kappa shape index (κ2) is 21.0. The zero-order chi connectivity index (χ0) is 24.9. The minimum atomic E-state index is -0.897. The van der Waals surface area contributed by atoms with Gasteiger partial charge in [0.1, 0.15) is 12.0 Å². The summed E-state index contributed by atoms with van der Waals surface area (Å²) < 4.78 is 0. The maximum Gasteiger partial charge on any atom is 0.128 e. The number of nitrogens with one attached hydrogen (secondary N) is 1. The van der Waals surface area contributed by atoms with Crippen molar-refractivity contribution in [1.82, 2.24) is 5.32 Å². The summed E-state index contributed by atoms with van der Waals surface area (Å²) in [5, 5.41) is 25.3. The van der Waals surface area contributed by atoms with Gasteiger partial charge in [-0.05, 0) is 63.4 Å². The molecular formula is C27H46N2O2S. The van der Waals surface area contributed by atoms with Crippen molar-refractivity contribution in [2.24, 2.45) is 4.99 Å². The number of hydrogen-bond donors (Lipinski definition) is 3. The van der Waals surface area contributed by atoms with E-state index in [1.165, 1.54) is 6.08 Å². The van der Waals surface area contributed by atoms with Crippen LogP contribution in [0.3, 0.4) is 0 Å². The van der Waals surface area contributed by atoms with Crippen LogP contribution in [0.1, 0.15) is 73.1 Å². The van der Waals surface area contributed by atoms with E-state index in [1.807, 2.05) is 26.2 Å². The van der Waals surface area contributed by atoms with Gasteiger partial charge < -0.3 is 10.2 Å². The van der Waals surface area contributed by atoms with Gasteiger partial charge in [-0.15, -0.1) is 24.9 Å². The first-order valence-corrected chi connectivity index (χ1v) is 12.7. The molecule has 0 aliphatic heterocycles. The van der Waals surface area contributed by atoms with Gasteiger partial charge in [0.15, 0.2) is 0 Å². The molecule has 0 fully saturated rings. The molecule has 0 aliphatic rings. The number of aliphatic imine (C=N–C) groups is 1. The Hall–Kier alpha value is -1.82. The monoisotopic (exact) mass is 462 g/mol. The molecule has 0 aromatic carbocycles. The van der Waals surface area contributed by atoms with Crippen molar-refractivity contribution in [3.05, 3.63) is 71.5 Å². The Morgan fingerprint density at radius 3 is 2.25 bits per heavy atom. The molecule has 0 aliphatic carbocycles. The topological polar surface area (TPSA) is 64.9 Å². The summed E-state index contributed by atoms with van der Waals surface area (Å²) in [5.41, 5.74) is 2.59. The summed E-state index contributed by atoms with van der Waals surface area (Å²) in [4.78, 5) is 4.34. The lowest BCUT2D eigenvalue weighted by molar-refractivity contribution is 0.159. The van der Waals surface area contributed by atoms with Crippen LogP contribution in [0.25, 0.3) is 0 Å². The van der Waals surface area contributed by atoms with Crippen molar-refractivity contribution in [1.29, 1.82) is 0 Å². The zero-order valence-electron chi connectivity index (χ0n) is 21.2. The lowest BCUT2D eigenvalue weighted by atomic mass is 9.93. The lowest BCUT2D eigenvalue weighted by Gasteiger charge is -2.20. The van der Waals surface area contributed by atoms with Crippen LogP contribution >= 0.6 is 11.8 Å². The summed E-state index contributed by atoms with van der Waals surface area (Å²) >= 11 is 1.62. The van der Waals surface area contributed by atoms with Gasteiger partial charge in [-0.3, -0.25) is 10.3 Å². The lowest BCUT2D eigenvalue weighted by Crippen LogP contribution is -2.36. The average molecular weight is 463 g/mol. The summed E-state index contributed by atoms with van der Waals surface area (Å²) in [6, 6.07) is 0.229. The summed E-state index contributed by atoms with van der Waals surface area (Å²) in [7, 11) is 0. The van der Waals surface area contributed by atoms with E-state index in [9.17, 15) is 10.2 Å². The van der Waals surface area contributed by atoms with Crippen LogP contribution in [-0.4, -0.2) is 35.0 Å². The maximum absolute atomic E-state index is 10.7. The molecule has 0 heterocycles. The molecule has 0 saturated carbocycles. The van der Waals surface area contributed by atoms with E-state index in [0.29, 0.717) is 5.57 Å². The summed E-state index contributed by atoms with van der Waals surface area (Å²) in [5.74, 6) is 0.0700. The number of rotatable bonds is 15.